The van der Waals surface area contributed by atoms with Crippen LogP contribution in [0, 0.1) is 0 Å². The fraction of sp³-hybridized carbons (Fsp3) is 0.150. The van der Waals surface area contributed by atoms with Crippen LogP contribution >= 0.6 is 0 Å². The standard InChI is InChI=1S/C20H20N4O3/c1-3-13-8-10-14(11-9-13)27-19-17(21)18(22-12-23-19)24-16-7-5-4-6-15(16)20(25)26-2/h4-12H,3,21H2,1-2H3,(H,22,23,24). The number of aromatic nitrogens is 2. The van der Waals surface area contributed by atoms with Gasteiger partial charge in [-0.3, -0.25) is 0 Å². The molecular formula is C20H20N4O3. The van der Waals surface area contributed by atoms with Gasteiger partial charge in [0.1, 0.15) is 17.8 Å². The van der Waals surface area contributed by atoms with E-state index in [1.807, 2.05) is 24.3 Å². The second-order valence-corrected chi connectivity index (χ2v) is 5.70. The van der Waals surface area contributed by atoms with E-state index < -0.39 is 5.97 Å². The van der Waals surface area contributed by atoms with E-state index in [0.717, 1.165) is 6.42 Å². The van der Waals surface area contributed by atoms with Crippen LogP contribution in [0.2, 0.25) is 0 Å². The van der Waals surface area contributed by atoms with E-state index in [1.54, 1.807) is 24.3 Å². The number of hydrogen-bond acceptors (Lipinski definition) is 7. The van der Waals surface area contributed by atoms with Crippen molar-refractivity contribution in [2.45, 2.75) is 13.3 Å². The SMILES string of the molecule is CCc1ccc(Oc2ncnc(Nc3ccccc3C(=O)OC)c2N)cc1. The van der Waals surface area contributed by atoms with Crippen molar-refractivity contribution < 1.29 is 14.3 Å². The lowest BCUT2D eigenvalue weighted by atomic mass is 10.2. The average Bonchev–Trinajstić information content (AvgIpc) is 2.71. The van der Waals surface area contributed by atoms with E-state index in [0.29, 0.717) is 22.8 Å². The molecule has 1 aromatic heterocycles. The Morgan fingerprint density at radius 3 is 2.56 bits per heavy atom. The number of carbonyl (C=O) groups excluding carboxylic acids is 1. The lowest BCUT2D eigenvalue weighted by Gasteiger charge is -2.13. The Labute approximate surface area is 157 Å². The average molecular weight is 364 g/mol. The molecule has 0 amide bonds. The summed E-state index contributed by atoms with van der Waals surface area (Å²) >= 11 is 0. The summed E-state index contributed by atoms with van der Waals surface area (Å²) in [5, 5.41) is 3.04. The van der Waals surface area contributed by atoms with Gasteiger partial charge in [0.2, 0.25) is 5.88 Å². The predicted octanol–water partition coefficient (Wildman–Crippen LogP) is 3.94. The third-order valence-electron chi connectivity index (χ3n) is 3.98. The summed E-state index contributed by atoms with van der Waals surface area (Å²) < 4.78 is 10.6. The number of anilines is 3. The molecule has 0 unspecified atom stereocenters. The molecule has 1 heterocycles. The number of hydrogen-bond donors (Lipinski definition) is 2. The molecule has 7 nitrogen and oxygen atoms in total. The second-order valence-electron chi connectivity index (χ2n) is 5.70. The van der Waals surface area contributed by atoms with Crippen LogP contribution in [-0.4, -0.2) is 23.0 Å². The van der Waals surface area contributed by atoms with Crippen molar-refractivity contribution in [3.63, 3.8) is 0 Å². The van der Waals surface area contributed by atoms with Crippen LogP contribution in [0.15, 0.2) is 54.9 Å². The monoisotopic (exact) mass is 364 g/mol. The molecule has 0 bridgehead atoms. The largest absolute Gasteiger partial charge is 0.465 e. The lowest BCUT2D eigenvalue weighted by Crippen LogP contribution is -2.08. The number of nitrogen functional groups attached to an aromatic ring is 1. The Hall–Kier alpha value is -3.61. The Balaban J connectivity index is 1.86. The number of methoxy groups -OCH3 is 1. The first-order chi connectivity index (χ1) is 13.1. The van der Waals surface area contributed by atoms with Gasteiger partial charge < -0.3 is 20.5 Å². The normalized spacial score (nSPS) is 10.3. The zero-order valence-electron chi connectivity index (χ0n) is 15.1. The van der Waals surface area contributed by atoms with Crippen molar-refractivity contribution >= 4 is 23.2 Å². The van der Waals surface area contributed by atoms with Crippen LogP contribution in [0.4, 0.5) is 17.2 Å². The maximum absolute atomic E-state index is 11.9. The third kappa shape index (κ3) is 4.14. The maximum Gasteiger partial charge on any atom is 0.339 e. The molecule has 0 atom stereocenters. The minimum absolute atomic E-state index is 0.229. The molecule has 0 fully saturated rings. The van der Waals surface area contributed by atoms with Crippen LogP contribution < -0.4 is 15.8 Å². The van der Waals surface area contributed by atoms with Gasteiger partial charge >= 0.3 is 5.97 Å². The van der Waals surface area contributed by atoms with E-state index in [9.17, 15) is 4.79 Å². The number of nitrogens with one attached hydrogen (secondary N) is 1. The highest BCUT2D eigenvalue weighted by Crippen LogP contribution is 2.32. The highest BCUT2D eigenvalue weighted by molar-refractivity contribution is 5.96. The van der Waals surface area contributed by atoms with Gasteiger partial charge in [0.05, 0.1) is 18.4 Å². The van der Waals surface area contributed by atoms with Crippen LogP contribution in [0.5, 0.6) is 11.6 Å². The molecule has 2 aromatic carbocycles. The smallest absolute Gasteiger partial charge is 0.339 e. The van der Waals surface area contributed by atoms with Gasteiger partial charge in [0, 0.05) is 0 Å². The molecule has 0 aliphatic rings. The number of benzene rings is 2. The van der Waals surface area contributed by atoms with Crippen molar-refractivity contribution in [3.8, 4) is 11.6 Å². The number of para-hydroxylation sites is 1. The van der Waals surface area contributed by atoms with E-state index in [4.69, 9.17) is 15.2 Å². The number of nitrogens with zero attached hydrogens (tertiary/aromatic N) is 2. The summed E-state index contributed by atoms with van der Waals surface area (Å²) in [5.74, 6) is 0.727. The number of ether oxygens (including phenoxy) is 2. The van der Waals surface area contributed by atoms with Crippen molar-refractivity contribution in [1.29, 1.82) is 0 Å². The summed E-state index contributed by atoms with van der Waals surface area (Å²) in [7, 11) is 1.33. The first kappa shape index (κ1) is 18.2. The van der Waals surface area contributed by atoms with E-state index in [2.05, 4.69) is 22.2 Å². The maximum atomic E-state index is 11.9. The van der Waals surface area contributed by atoms with Gasteiger partial charge in [-0.25, -0.2) is 9.78 Å². The Bertz CT molecular complexity index is 942. The summed E-state index contributed by atoms with van der Waals surface area (Å²) in [5.41, 5.74) is 8.50. The van der Waals surface area contributed by atoms with Crippen molar-refractivity contribution in [2.75, 3.05) is 18.2 Å². The van der Waals surface area contributed by atoms with Crippen LogP contribution in [0.1, 0.15) is 22.8 Å². The first-order valence-electron chi connectivity index (χ1n) is 8.44. The molecule has 0 aliphatic carbocycles. The number of esters is 1. The van der Waals surface area contributed by atoms with Gasteiger partial charge in [0.15, 0.2) is 5.82 Å². The number of rotatable bonds is 6. The first-order valence-corrected chi connectivity index (χ1v) is 8.44. The fourth-order valence-electron chi connectivity index (χ4n) is 2.47. The number of carbonyl (C=O) groups is 1. The molecule has 0 saturated heterocycles. The molecule has 27 heavy (non-hydrogen) atoms. The predicted molar refractivity (Wildman–Crippen MR) is 103 cm³/mol. The summed E-state index contributed by atoms with van der Waals surface area (Å²) in [4.78, 5) is 20.2. The lowest BCUT2D eigenvalue weighted by molar-refractivity contribution is 0.0602. The molecule has 3 N–H and O–H groups in total. The van der Waals surface area contributed by atoms with Gasteiger partial charge in [-0.2, -0.15) is 4.98 Å². The topological polar surface area (TPSA) is 99.4 Å². The highest BCUT2D eigenvalue weighted by Gasteiger charge is 2.15. The molecule has 0 aliphatic heterocycles. The molecular weight excluding hydrogens is 344 g/mol. The summed E-state index contributed by atoms with van der Waals surface area (Å²) in [6, 6.07) is 14.6. The Morgan fingerprint density at radius 2 is 1.85 bits per heavy atom. The zero-order valence-corrected chi connectivity index (χ0v) is 15.1. The molecule has 3 aromatic rings. The Kier molecular flexibility index (Phi) is 5.51. The van der Waals surface area contributed by atoms with Crippen LogP contribution in [-0.2, 0) is 11.2 Å². The van der Waals surface area contributed by atoms with Crippen molar-refractivity contribution in [3.05, 3.63) is 66.0 Å². The summed E-state index contributed by atoms with van der Waals surface area (Å²) in [6.07, 6.45) is 2.29. The fourth-order valence-corrected chi connectivity index (χ4v) is 2.47. The van der Waals surface area contributed by atoms with Gasteiger partial charge in [-0.05, 0) is 36.2 Å². The van der Waals surface area contributed by atoms with Crippen molar-refractivity contribution in [2.24, 2.45) is 0 Å². The van der Waals surface area contributed by atoms with Gasteiger partial charge in [-0.1, -0.05) is 31.2 Å². The Morgan fingerprint density at radius 1 is 1.11 bits per heavy atom. The van der Waals surface area contributed by atoms with E-state index in [-0.39, 0.29) is 11.6 Å². The molecule has 7 heteroatoms. The van der Waals surface area contributed by atoms with Crippen LogP contribution in [0.25, 0.3) is 0 Å². The van der Waals surface area contributed by atoms with E-state index in [1.165, 1.54) is 19.0 Å². The van der Waals surface area contributed by atoms with Crippen LogP contribution in [0.3, 0.4) is 0 Å². The second kappa shape index (κ2) is 8.18. The molecule has 3 rings (SSSR count). The zero-order chi connectivity index (χ0) is 19.2. The van der Waals surface area contributed by atoms with Crippen molar-refractivity contribution in [1.82, 2.24) is 9.97 Å². The molecule has 0 radical (unpaired) electrons. The molecule has 138 valence electrons. The number of nitrogens with two attached hydrogens (primary N) is 1. The van der Waals surface area contributed by atoms with E-state index >= 15 is 0 Å². The summed E-state index contributed by atoms with van der Waals surface area (Å²) in [6.45, 7) is 2.09. The third-order valence-corrected chi connectivity index (χ3v) is 3.98. The minimum Gasteiger partial charge on any atom is -0.465 e. The van der Waals surface area contributed by atoms with Gasteiger partial charge in [-0.15, -0.1) is 0 Å². The molecule has 0 spiro atoms. The van der Waals surface area contributed by atoms with Gasteiger partial charge in [0.25, 0.3) is 0 Å². The molecule has 0 saturated carbocycles. The highest BCUT2D eigenvalue weighted by atomic mass is 16.5. The quantitative estimate of drug-likeness (QED) is 0.639. The minimum atomic E-state index is -0.460. The number of aryl methyl sites for hydroxylation is 1.